The fourth-order valence-corrected chi connectivity index (χ4v) is 2.69. The Morgan fingerprint density at radius 1 is 1.21 bits per heavy atom. The number of nitrogens with zero attached hydrogens (tertiary/aromatic N) is 1. The Morgan fingerprint density at radius 2 is 1.92 bits per heavy atom. The number of nitrogens with two attached hydrogens (primary N) is 1. The van der Waals surface area contributed by atoms with Crippen LogP contribution in [0.15, 0.2) is 24.3 Å². The fraction of sp³-hybridized carbons (Fsp3) is 0.412. The molecule has 1 aliphatic heterocycles. The number of hydrogen-bond donors (Lipinski definition) is 1. The molecule has 0 spiro atoms. The molecule has 0 aromatic heterocycles. The molecule has 1 fully saturated rings. The van der Waals surface area contributed by atoms with Crippen molar-refractivity contribution in [3.63, 3.8) is 0 Å². The van der Waals surface area contributed by atoms with Crippen molar-refractivity contribution in [1.29, 1.82) is 0 Å². The molecule has 1 aromatic rings. The summed E-state index contributed by atoms with van der Waals surface area (Å²) in [5.74, 6) is 0.448. The number of esters is 1. The van der Waals surface area contributed by atoms with Crippen molar-refractivity contribution in [2.45, 2.75) is 18.5 Å². The first kappa shape index (κ1) is 17.8. The van der Waals surface area contributed by atoms with Crippen LogP contribution in [0.2, 0.25) is 0 Å². The summed E-state index contributed by atoms with van der Waals surface area (Å²) in [4.78, 5) is 25.6. The first-order valence-electron chi connectivity index (χ1n) is 7.54. The number of ether oxygens (including phenoxy) is 3. The van der Waals surface area contributed by atoms with Crippen molar-refractivity contribution >= 4 is 18.0 Å². The monoisotopic (exact) mass is 334 g/mol. The van der Waals surface area contributed by atoms with Crippen molar-refractivity contribution < 1.29 is 23.8 Å². The maximum atomic E-state index is 12.4. The highest BCUT2D eigenvalue weighted by atomic mass is 16.5. The van der Waals surface area contributed by atoms with E-state index in [4.69, 9.17) is 19.9 Å². The van der Waals surface area contributed by atoms with Crippen LogP contribution in [0.25, 0.3) is 6.08 Å². The lowest BCUT2D eigenvalue weighted by atomic mass is 10.1. The first-order chi connectivity index (χ1) is 11.5. The molecule has 2 atom stereocenters. The second-order valence-electron chi connectivity index (χ2n) is 5.47. The number of carbonyl (C=O) groups is 2. The summed E-state index contributed by atoms with van der Waals surface area (Å²) in [7, 11) is 4.40. The molecular weight excluding hydrogens is 312 g/mol. The van der Waals surface area contributed by atoms with E-state index in [0.717, 1.165) is 5.56 Å². The summed E-state index contributed by atoms with van der Waals surface area (Å²) in [6, 6.07) is 4.46. The van der Waals surface area contributed by atoms with Gasteiger partial charge in [0.1, 0.15) is 6.04 Å². The van der Waals surface area contributed by atoms with Crippen molar-refractivity contribution in [3.8, 4) is 11.5 Å². The van der Waals surface area contributed by atoms with Gasteiger partial charge in [0.05, 0.1) is 21.3 Å². The van der Waals surface area contributed by atoms with Crippen LogP contribution < -0.4 is 15.2 Å². The zero-order valence-corrected chi connectivity index (χ0v) is 14.0. The third kappa shape index (κ3) is 3.86. The van der Waals surface area contributed by atoms with Crippen molar-refractivity contribution in [1.82, 2.24) is 4.90 Å². The second kappa shape index (κ2) is 7.83. The van der Waals surface area contributed by atoms with Gasteiger partial charge >= 0.3 is 5.97 Å². The van der Waals surface area contributed by atoms with Crippen LogP contribution in [0, 0.1) is 0 Å². The molecule has 2 rings (SSSR count). The lowest BCUT2D eigenvalue weighted by Gasteiger charge is -2.20. The van der Waals surface area contributed by atoms with E-state index in [1.807, 2.05) is 0 Å². The standard InChI is InChI=1S/C17H22N2O5/c1-22-14-6-4-11(8-15(14)23-2)5-7-16(20)19-10-12(18)9-13(19)17(21)24-3/h4-8,12-13H,9-10,18H2,1-3H3/b7-5+. The van der Waals surface area contributed by atoms with Crippen LogP contribution in [-0.2, 0) is 14.3 Å². The lowest BCUT2D eigenvalue weighted by molar-refractivity contribution is -0.149. The van der Waals surface area contributed by atoms with Gasteiger partial charge < -0.3 is 24.8 Å². The maximum Gasteiger partial charge on any atom is 0.328 e. The molecule has 2 unspecified atom stereocenters. The van der Waals surface area contributed by atoms with Gasteiger partial charge in [-0.05, 0) is 30.2 Å². The van der Waals surface area contributed by atoms with Gasteiger partial charge in [0.25, 0.3) is 0 Å². The zero-order valence-electron chi connectivity index (χ0n) is 14.0. The van der Waals surface area contributed by atoms with E-state index >= 15 is 0 Å². The van der Waals surface area contributed by atoms with E-state index in [1.165, 1.54) is 18.1 Å². The predicted molar refractivity (Wildman–Crippen MR) is 88.7 cm³/mol. The Labute approximate surface area is 141 Å². The molecule has 1 saturated heterocycles. The summed E-state index contributed by atoms with van der Waals surface area (Å²) >= 11 is 0. The van der Waals surface area contributed by atoms with Crippen LogP contribution in [0.4, 0.5) is 0 Å². The Morgan fingerprint density at radius 3 is 2.54 bits per heavy atom. The maximum absolute atomic E-state index is 12.4. The van der Waals surface area contributed by atoms with Crippen LogP contribution >= 0.6 is 0 Å². The van der Waals surface area contributed by atoms with Gasteiger partial charge in [-0.3, -0.25) is 4.79 Å². The van der Waals surface area contributed by atoms with Gasteiger partial charge in [-0.15, -0.1) is 0 Å². The number of benzene rings is 1. The van der Waals surface area contributed by atoms with Crippen LogP contribution in [0.5, 0.6) is 11.5 Å². The normalized spacial score (nSPS) is 20.2. The molecule has 7 heteroatoms. The van der Waals surface area contributed by atoms with E-state index in [0.29, 0.717) is 24.5 Å². The largest absolute Gasteiger partial charge is 0.493 e. The molecule has 0 bridgehead atoms. The second-order valence-corrected chi connectivity index (χ2v) is 5.47. The average molecular weight is 334 g/mol. The number of likely N-dealkylation sites (tertiary alicyclic amines) is 1. The molecule has 0 saturated carbocycles. The molecule has 1 aliphatic rings. The summed E-state index contributed by atoms with van der Waals surface area (Å²) in [6.45, 7) is 0.328. The molecule has 1 aromatic carbocycles. The number of amides is 1. The van der Waals surface area contributed by atoms with Gasteiger partial charge in [0.15, 0.2) is 11.5 Å². The molecule has 7 nitrogen and oxygen atoms in total. The van der Waals surface area contributed by atoms with Crippen LogP contribution in [0.3, 0.4) is 0 Å². The average Bonchev–Trinajstić information content (AvgIpc) is 3.00. The fourth-order valence-electron chi connectivity index (χ4n) is 2.69. The molecule has 24 heavy (non-hydrogen) atoms. The van der Waals surface area contributed by atoms with E-state index in [1.54, 1.807) is 38.5 Å². The highest BCUT2D eigenvalue weighted by molar-refractivity contribution is 5.95. The third-order valence-corrected chi connectivity index (χ3v) is 3.92. The topological polar surface area (TPSA) is 91.1 Å². The molecule has 0 aliphatic carbocycles. The smallest absolute Gasteiger partial charge is 0.328 e. The van der Waals surface area contributed by atoms with Crippen LogP contribution in [0.1, 0.15) is 12.0 Å². The van der Waals surface area contributed by atoms with E-state index in [-0.39, 0.29) is 11.9 Å². The summed E-state index contributed by atoms with van der Waals surface area (Å²) in [6.07, 6.45) is 3.47. The highest BCUT2D eigenvalue weighted by Gasteiger charge is 2.37. The minimum atomic E-state index is -0.632. The SMILES string of the molecule is COC(=O)C1CC(N)CN1C(=O)/C=C/c1ccc(OC)c(OC)c1. The van der Waals surface area contributed by atoms with Crippen LogP contribution in [-0.4, -0.2) is 56.7 Å². The van der Waals surface area contributed by atoms with Crippen molar-refractivity contribution in [3.05, 3.63) is 29.8 Å². The minimum absolute atomic E-state index is 0.229. The van der Waals surface area contributed by atoms with E-state index < -0.39 is 12.0 Å². The summed E-state index contributed by atoms with van der Waals surface area (Å²) in [5.41, 5.74) is 6.64. The number of rotatable bonds is 5. The third-order valence-electron chi connectivity index (χ3n) is 3.92. The molecule has 1 heterocycles. The van der Waals surface area contributed by atoms with Crippen molar-refractivity contribution in [2.24, 2.45) is 5.73 Å². The molecular formula is C17H22N2O5. The van der Waals surface area contributed by atoms with Gasteiger partial charge in [-0.2, -0.15) is 0 Å². The van der Waals surface area contributed by atoms with Crippen molar-refractivity contribution in [2.75, 3.05) is 27.9 Å². The van der Waals surface area contributed by atoms with E-state index in [9.17, 15) is 9.59 Å². The predicted octanol–water partition coefficient (Wildman–Crippen LogP) is 0.818. The first-order valence-corrected chi connectivity index (χ1v) is 7.54. The van der Waals surface area contributed by atoms with E-state index in [2.05, 4.69) is 0 Å². The molecule has 1 amide bonds. The zero-order chi connectivity index (χ0) is 17.7. The molecule has 0 radical (unpaired) electrons. The Bertz CT molecular complexity index is 644. The van der Waals surface area contributed by atoms with Gasteiger partial charge in [0.2, 0.25) is 5.91 Å². The molecule has 130 valence electrons. The lowest BCUT2D eigenvalue weighted by Crippen LogP contribution is -2.40. The Hall–Kier alpha value is -2.54. The summed E-state index contributed by atoms with van der Waals surface area (Å²) < 4.78 is 15.1. The Balaban J connectivity index is 2.13. The number of carbonyl (C=O) groups excluding carboxylic acids is 2. The minimum Gasteiger partial charge on any atom is -0.493 e. The summed E-state index contributed by atoms with van der Waals surface area (Å²) in [5, 5.41) is 0. The number of methoxy groups -OCH3 is 3. The van der Waals surface area contributed by atoms with Gasteiger partial charge in [0, 0.05) is 18.7 Å². The molecule has 2 N–H and O–H groups in total. The Kier molecular flexibility index (Phi) is 5.81. The highest BCUT2D eigenvalue weighted by Crippen LogP contribution is 2.28. The number of hydrogen-bond acceptors (Lipinski definition) is 6. The quantitative estimate of drug-likeness (QED) is 0.633. The van der Waals surface area contributed by atoms with Gasteiger partial charge in [-0.1, -0.05) is 6.07 Å². The van der Waals surface area contributed by atoms with Gasteiger partial charge in [-0.25, -0.2) is 4.79 Å².